The Morgan fingerprint density at radius 1 is 1.31 bits per heavy atom. The molecule has 0 radical (unpaired) electrons. The summed E-state index contributed by atoms with van der Waals surface area (Å²) in [5.74, 6) is 0. The number of aldehydes is 1. The molecule has 3 nitrogen and oxygen atoms in total. The third-order valence-electron chi connectivity index (χ3n) is 2.92. The van der Waals surface area contributed by atoms with Crippen LogP contribution in [0.1, 0.15) is 10.5 Å². The summed E-state index contributed by atoms with van der Waals surface area (Å²) in [5.41, 5.74) is 2.74. The standard InChI is InChI=1S/C12H9BrN2O/c1-15-8(6-16)5-10-9-3-2-7(13)4-11(9)14-12(10)15/h2-6,14H,1H3. The first-order chi connectivity index (χ1) is 7.70. The van der Waals surface area contributed by atoms with E-state index in [-0.39, 0.29) is 0 Å². The van der Waals surface area contributed by atoms with E-state index in [1.165, 1.54) is 0 Å². The number of rotatable bonds is 1. The minimum absolute atomic E-state index is 0.686. The Hall–Kier alpha value is -1.55. The van der Waals surface area contributed by atoms with Crippen LogP contribution >= 0.6 is 15.9 Å². The number of nitrogens with one attached hydrogen (secondary N) is 1. The first-order valence-electron chi connectivity index (χ1n) is 4.92. The van der Waals surface area contributed by atoms with E-state index in [0.717, 1.165) is 32.7 Å². The van der Waals surface area contributed by atoms with Gasteiger partial charge in [0.25, 0.3) is 0 Å². The van der Waals surface area contributed by atoms with Gasteiger partial charge in [-0.15, -0.1) is 0 Å². The van der Waals surface area contributed by atoms with Crippen molar-refractivity contribution in [3.63, 3.8) is 0 Å². The topological polar surface area (TPSA) is 37.8 Å². The van der Waals surface area contributed by atoms with Gasteiger partial charge in [0.1, 0.15) is 5.65 Å². The summed E-state index contributed by atoms with van der Waals surface area (Å²) < 4.78 is 2.91. The molecule has 0 saturated carbocycles. The van der Waals surface area contributed by atoms with E-state index in [0.29, 0.717) is 5.69 Å². The van der Waals surface area contributed by atoms with Gasteiger partial charge < -0.3 is 9.55 Å². The summed E-state index contributed by atoms with van der Waals surface area (Å²) in [6.45, 7) is 0. The van der Waals surface area contributed by atoms with E-state index in [9.17, 15) is 4.79 Å². The molecule has 0 aliphatic carbocycles. The maximum Gasteiger partial charge on any atom is 0.166 e. The van der Waals surface area contributed by atoms with Gasteiger partial charge in [-0.25, -0.2) is 0 Å². The number of aromatic nitrogens is 2. The minimum Gasteiger partial charge on any atom is -0.341 e. The van der Waals surface area contributed by atoms with Crippen molar-refractivity contribution in [1.82, 2.24) is 9.55 Å². The molecule has 0 fully saturated rings. The predicted octanol–water partition coefficient (Wildman–Crippen LogP) is 3.23. The fourth-order valence-electron chi connectivity index (χ4n) is 2.07. The molecule has 1 N–H and O–H groups in total. The van der Waals surface area contributed by atoms with Crippen LogP contribution in [0.25, 0.3) is 21.9 Å². The van der Waals surface area contributed by atoms with E-state index >= 15 is 0 Å². The number of halogens is 1. The summed E-state index contributed by atoms with van der Waals surface area (Å²) in [7, 11) is 1.89. The number of carbonyl (C=O) groups is 1. The van der Waals surface area contributed by atoms with Crippen molar-refractivity contribution in [2.45, 2.75) is 0 Å². The SMILES string of the molecule is Cn1c(C=O)cc2c3ccc(Br)cc3[nH]c21. The number of benzene rings is 1. The average Bonchev–Trinajstić information content (AvgIpc) is 2.75. The first kappa shape index (κ1) is 9.66. The molecule has 0 unspecified atom stereocenters. The zero-order chi connectivity index (χ0) is 11.3. The van der Waals surface area contributed by atoms with E-state index in [1.807, 2.05) is 35.9 Å². The molecular formula is C12H9BrN2O. The Labute approximate surface area is 100 Å². The Morgan fingerprint density at radius 2 is 2.12 bits per heavy atom. The fourth-order valence-corrected chi connectivity index (χ4v) is 2.44. The van der Waals surface area contributed by atoms with Crippen LogP contribution in [0.5, 0.6) is 0 Å². The third-order valence-corrected chi connectivity index (χ3v) is 3.41. The Balaban J connectivity index is 2.49. The van der Waals surface area contributed by atoms with E-state index in [4.69, 9.17) is 0 Å². The summed E-state index contributed by atoms with van der Waals surface area (Å²) in [6.07, 6.45) is 0.874. The second-order valence-electron chi connectivity index (χ2n) is 3.82. The molecule has 0 spiro atoms. The van der Waals surface area contributed by atoms with Gasteiger partial charge in [0.2, 0.25) is 0 Å². The molecule has 2 heterocycles. The van der Waals surface area contributed by atoms with Crippen molar-refractivity contribution in [3.8, 4) is 0 Å². The Bertz CT molecular complexity index is 709. The molecule has 1 aromatic carbocycles. The van der Waals surface area contributed by atoms with Crippen molar-refractivity contribution >= 4 is 44.2 Å². The molecule has 3 rings (SSSR count). The second-order valence-corrected chi connectivity index (χ2v) is 4.74. The number of nitrogens with zero attached hydrogens (tertiary/aromatic N) is 1. The van der Waals surface area contributed by atoms with Gasteiger partial charge in [0, 0.05) is 27.8 Å². The number of hydrogen-bond acceptors (Lipinski definition) is 1. The molecule has 2 aromatic heterocycles. The van der Waals surface area contributed by atoms with Crippen molar-refractivity contribution in [1.29, 1.82) is 0 Å². The maximum absolute atomic E-state index is 10.8. The summed E-state index contributed by atoms with van der Waals surface area (Å²) in [6, 6.07) is 8.00. The van der Waals surface area contributed by atoms with Crippen molar-refractivity contribution in [3.05, 3.63) is 34.4 Å². The van der Waals surface area contributed by atoms with E-state index in [2.05, 4.69) is 20.9 Å². The van der Waals surface area contributed by atoms with Gasteiger partial charge in [0.15, 0.2) is 6.29 Å². The van der Waals surface area contributed by atoms with Gasteiger partial charge in [-0.2, -0.15) is 0 Å². The first-order valence-corrected chi connectivity index (χ1v) is 5.72. The smallest absolute Gasteiger partial charge is 0.166 e. The molecule has 0 bridgehead atoms. The second kappa shape index (κ2) is 3.22. The lowest BCUT2D eigenvalue weighted by molar-refractivity contribution is 0.111. The molecule has 0 saturated heterocycles. The normalized spacial score (nSPS) is 11.4. The lowest BCUT2D eigenvalue weighted by Gasteiger charge is -1.94. The van der Waals surface area contributed by atoms with Crippen LogP contribution in [0.4, 0.5) is 0 Å². The van der Waals surface area contributed by atoms with Gasteiger partial charge in [-0.1, -0.05) is 22.0 Å². The zero-order valence-corrected chi connectivity index (χ0v) is 10.2. The highest BCUT2D eigenvalue weighted by molar-refractivity contribution is 9.10. The number of aryl methyl sites for hydroxylation is 1. The van der Waals surface area contributed by atoms with Gasteiger partial charge in [0.05, 0.1) is 5.69 Å². The molecular weight excluding hydrogens is 268 g/mol. The zero-order valence-electron chi connectivity index (χ0n) is 8.62. The summed E-state index contributed by atoms with van der Waals surface area (Å²) in [5, 5.41) is 2.23. The number of aromatic amines is 1. The summed E-state index contributed by atoms with van der Waals surface area (Å²) in [4.78, 5) is 14.2. The molecule has 0 atom stereocenters. The average molecular weight is 277 g/mol. The highest BCUT2D eigenvalue weighted by Crippen LogP contribution is 2.29. The molecule has 80 valence electrons. The van der Waals surface area contributed by atoms with Gasteiger partial charge >= 0.3 is 0 Å². The number of carbonyl (C=O) groups excluding carboxylic acids is 1. The largest absolute Gasteiger partial charge is 0.341 e. The van der Waals surface area contributed by atoms with Crippen molar-refractivity contribution in [2.75, 3.05) is 0 Å². The maximum atomic E-state index is 10.8. The highest BCUT2D eigenvalue weighted by Gasteiger charge is 2.10. The molecule has 3 aromatic rings. The monoisotopic (exact) mass is 276 g/mol. The van der Waals surface area contributed by atoms with Gasteiger partial charge in [-0.3, -0.25) is 4.79 Å². The van der Waals surface area contributed by atoms with Crippen LogP contribution in [-0.2, 0) is 7.05 Å². The number of fused-ring (bicyclic) bond motifs is 3. The van der Waals surface area contributed by atoms with Crippen LogP contribution in [0.15, 0.2) is 28.7 Å². The Morgan fingerprint density at radius 3 is 2.88 bits per heavy atom. The molecule has 0 amide bonds. The summed E-state index contributed by atoms with van der Waals surface area (Å²) >= 11 is 3.44. The van der Waals surface area contributed by atoms with Gasteiger partial charge in [-0.05, 0) is 18.2 Å². The number of hydrogen-bond donors (Lipinski definition) is 1. The minimum atomic E-state index is 0.686. The van der Waals surface area contributed by atoms with Crippen LogP contribution < -0.4 is 0 Å². The molecule has 0 aliphatic heterocycles. The highest BCUT2D eigenvalue weighted by atomic mass is 79.9. The molecule has 4 heteroatoms. The lowest BCUT2D eigenvalue weighted by atomic mass is 10.2. The fraction of sp³-hybridized carbons (Fsp3) is 0.0833. The lowest BCUT2D eigenvalue weighted by Crippen LogP contribution is -1.93. The van der Waals surface area contributed by atoms with Crippen molar-refractivity contribution < 1.29 is 4.79 Å². The Kier molecular flexibility index (Phi) is 1.94. The van der Waals surface area contributed by atoms with Crippen LogP contribution in [0.3, 0.4) is 0 Å². The van der Waals surface area contributed by atoms with E-state index in [1.54, 1.807) is 0 Å². The number of H-pyrrole nitrogens is 1. The third kappa shape index (κ3) is 1.16. The van der Waals surface area contributed by atoms with Crippen LogP contribution in [0.2, 0.25) is 0 Å². The predicted molar refractivity (Wildman–Crippen MR) is 67.9 cm³/mol. The van der Waals surface area contributed by atoms with Crippen LogP contribution in [-0.4, -0.2) is 15.8 Å². The van der Waals surface area contributed by atoms with E-state index < -0.39 is 0 Å². The van der Waals surface area contributed by atoms with Crippen LogP contribution in [0, 0.1) is 0 Å². The molecule has 0 aliphatic rings. The molecule has 16 heavy (non-hydrogen) atoms. The van der Waals surface area contributed by atoms with Crippen molar-refractivity contribution in [2.24, 2.45) is 7.05 Å². The quantitative estimate of drug-likeness (QED) is 0.681.